The Labute approximate surface area is 165 Å². The van der Waals surface area contributed by atoms with E-state index >= 15 is 0 Å². The van der Waals surface area contributed by atoms with Crippen LogP contribution in [0.4, 0.5) is 5.82 Å². The van der Waals surface area contributed by atoms with E-state index in [2.05, 4.69) is 39.3 Å². The van der Waals surface area contributed by atoms with Crippen LogP contribution in [0.3, 0.4) is 0 Å². The van der Waals surface area contributed by atoms with Crippen LogP contribution in [-0.2, 0) is 6.42 Å². The smallest absolute Gasteiger partial charge is 0.272 e. The zero-order valence-electron chi connectivity index (χ0n) is 16.5. The van der Waals surface area contributed by atoms with Gasteiger partial charge in [-0.05, 0) is 43.5 Å². The van der Waals surface area contributed by atoms with Crippen LogP contribution in [-0.4, -0.2) is 39.4 Å². The fraction of sp³-hybridized carbons (Fsp3) is 0.273. The number of nitrogens with one attached hydrogen (secondary N) is 1. The molecule has 3 rings (SSSR count). The summed E-state index contributed by atoms with van der Waals surface area (Å²) in [5, 5.41) is 3.36. The maximum Gasteiger partial charge on any atom is 0.272 e. The zero-order chi connectivity index (χ0) is 19.9. The van der Waals surface area contributed by atoms with Crippen LogP contribution in [0.2, 0.25) is 0 Å². The molecule has 0 radical (unpaired) electrons. The second-order valence-corrected chi connectivity index (χ2v) is 6.79. The predicted molar refractivity (Wildman–Crippen MR) is 110 cm³/mol. The third-order valence-corrected chi connectivity index (χ3v) is 4.55. The third kappa shape index (κ3) is 5.13. The maximum atomic E-state index is 12.8. The number of carbonyl (C=O) groups excluding carboxylic acids is 1. The van der Waals surface area contributed by atoms with Crippen molar-refractivity contribution >= 4 is 11.7 Å². The molecule has 2 heterocycles. The number of carbonyl (C=O) groups is 1. The van der Waals surface area contributed by atoms with Crippen molar-refractivity contribution in [2.75, 3.05) is 18.9 Å². The van der Waals surface area contributed by atoms with Gasteiger partial charge < -0.3 is 10.2 Å². The van der Waals surface area contributed by atoms with Crippen LogP contribution in [0.25, 0.3) is 0 Å². The number of likely N-dealkylation sites (N-methyl/N-ethyl adjacent to an activating group) is 1. The molecule has 0 aliphatic rings. The molecular formula is C22H25N5O. The summed E-state index contributed by atoms with van der Waals surface area (Å²) in [5.74, 6) is 1.10. The summed E-state index contributed by atoms with van der Waals surface area (Å²) >= 11 is 0. The molecule has 1 amide bonds. The monoisotopic (exact) mass is 375 g/mol. The Balaban J connectivity index is 1.68. The summed E-state index contributed by atoms with van der Waals surface area (Å²) < 4.78 is 0. The number of benzene rings is 1. The van der Waals surface area contributed by atoms with Crippen LogP contribution in [0.5, 0.6) is 0 Å². The first-order chi connectivity index (χ1) is 13.5. The third-order valence-electron chi connectivity index (χ3n) is 4.55. The lowest BCUT2D eigenvalue weighted by Gasteiger charge is -2.19. The molecule has 0 aliphatic heterocycles. The normalized spacial score (nSPS) is 11.7. The molecule has 1 N–H and O–H groups in total. The van der Waals surface area contributed by atoms with Crippen molar-refractivity contribution in [1.82, 2.24) is 19.9 Å². The number of pyridine rings is 1. The van der Waals surface area contributed by atoms with Crippen LogP contribution >= 0.6 is 0 Å². The van der Waals surface area contributed by atoms with Gasteiger partial charge >= 0.3 is 0 Å². The number of aromatic nitrogens is 3. The fourth-order valence-corrected chi connectivity index (χ4v) is 2.94. The van der Waals surface area contributed by atoms with E-state index in [1.54, 1.807) is 37.3 Å². The minimum Gasteiger partial charge on any atom is -0.363 e. The molecule has 2 aromatic heterocycles. The molecule has 6 nitrogen and oxygen atoms in total. The second-order valence-electron chi connectivity index (χ2n) is 6.79. The summed E-state index contributed by atoms with van der Waals surface area (Å²) in [7, 11) is 1.79. The van der Waals surface area contributed by atoms with E-state index in [1.165, 1.54) is 0 Å². The van der Waals surface area contributed by atoms with Crippen molar-refractivity contribution in [2.45, 2.75) is 26.3 Å². The van der Waals surface area contributed by atoms with E-state index in [9.17, 15) is 4.79 Å². The van der Waals surface area contributed by atoms with E-state index in [0.717, 1.165) is 17.5 Å². The zero-order valence-corrected chi connectivity index (χ0v) is 16.5. The maximum absolute atomic E-state index is 12.8. The van der Waals surface area contributed by atoms with Gasteiger partial charge in [0.1, 0.15) is 17.3 Å². The van der Waals surface area contributed by atoms with Crippen molar-refractivity contribution in [1.29, 1.82) is 0 Å². The molecule has 0 aliphatic carbocycles. The Bertz CT molecular complexity index is 915. The number of rotatable bonds is 7. The Morgan fingerprint density at radius 3 is 2.54 bits per heavy atom. The summed E-state index contributed by atoms with van der Waals surface area (Å²) in [6.45, 7) is 4.47. The summed E-state index contributed by atoms with van der Waals surface area (Å²) in [4.78, 5) is 27.3. The first-order valence-corrected chi connectivity index (χ1v) is 9.34. The van der Waals surface area contributed by atoms with E-state index in [-0.39, 0.29) is 11.9 Å². The molecular weight excluding hydrogens is 350 g/mol. The van der Waals surface area contributed by atoms with Gasteiger partial charge in [0.2, 0.25) is 0 Å². The molecule has 144 valence electrons. The van der Waals surface area contributed by atoms with Crippen LogP contribution < -0.4 is 5.32 Å². The molecule has 0 saturated heterocycles. The van der Waals surface area contributed by atoms with Gasteiger partial charge in [-0.2, -0.15) is 0 Å². The number of amides is 1. The van der Waals surface area contributed by atoms with Crippen LogP contribution in [0, 0.1) is 6.92 Å². The lowest BCUT2D eigenvalue weighted by molar-refractivity contribution is 0.0790. The first-order valence-electron chi connectivity index (χ1n) is 9.34. The highest BCUT2D eigenvalue weighted by molar-refractivity contribution is 5.92. The first kappa shape index (κ1) is 19.5. The summed E-state index contributed by atoms with van der Waals surface area (Å²) in [6, 6.07) is 15.8. The van der Waals surface area contributed by atoms with Gasteiger partial charge in [-0.3, -0.25) is 9.78 Å². The molecule has 1 atom stereocenters. The largest absolute Gasteiger partial charge is 0.363 e. The standard InChI is InChI=1S/C22H25N5O/c1-16(19-7-5-4-6-8-19)24-21-15-20(25-17(2)26-21)22(28)27(3)14-11-18-9-12-23-13-10-18/h4-10,12-13,15-16H,11,14H2,1-3H3,(H,24,25,26). The number of anilines is 1. The SMILES string of the molecule is Cc1nc(NC(C)c2ccccc2)cc(C(=O)N(C)CCc2ccncc2)n1. The quantitative estimate of drug-likeness (QED) is 0.682. The molecule has 28 heavy (non-hydrogen) atoms. The minimum absolute atomic E-state index is 0.0721. The van der Waals surface area contributed by atoms with Crippen LogP contribution in [0.15, 0.2) is 60.9 Å². The second kappa shape index (κ2) is 9.08. The van der Waals surface area contributed by atoms with Gasteiger partial charge in [-0.25, -0.2) is 9.97 Å². The Morgan fingerprint density at radius 2 is 1.82 bits per heavy atom. The summed E-state index contributed by atoms with van der Waals surface area (Å²) in [5.41, 5.74) is 2.70. The Hall–Kier alpha value is -3.28. The number of aryl methyl sites for hydroxylation is 1. The molecule has 0 fully saturated rings. The average molecular weight is 375 g/mol. The minimum atomic E-state index is -0.116. The molecule has 1 aromatic carbocycles. The predicted octanol–water partition coefficient (Wildman–Crippen LogP) is 3.67. The van der Waals surface area contributed by atoms with Gasteiger partial charge in [-0.15, -0.1) is 0 Å². The van der Waals surface area contributed by atoms with E-state index in [0.29, 0.717) is 23.9 Å². The van der Waals surface area contributed by atoms with Crippen LogP contribution in [0.1, 0.15) is 40.4 Å². The molecule has 3 aromatic rings. The van der Waals surface area contributed by atoms with Crippen molar-refractivity contribution < 1.29 is 4.79 Å². The molecule has 0 saturated carbocycles. The average Bonchev–Trinajstić information content (AvgIpc) is 2.72. The lowest BCUT2D eigenvalue weighted by Crippen LogP contribution is -2.30. The number of nitrogens with zero attached hydrogens (tertiary/aromatic N) is 4. The number of hydrogen-bond donors (Lipinski definition) is 1. The Morgan fingerprint density at radius 1 is 1.11 bits per heavy atom. The van der Waals surface area contributed by atoms with Crippen molar-refractivity contribution in [2.24, 2.45) is 0 Å². The van der Waals surface area contributed by atoms with Gasteiger partial charge in [0.15, 0.2) is 0 Å². The lowest BCUT2D eigenvalue weighted by atomic mass is 10.1. The molecule has 0 spiro atoms. The highest BCUT2D eigenvalue weighted by Crippen LogP contribution is 2.18. The van der Waals surface area contributed by atoms with E-state index in [1.807, 2.05) is 30.3 Å². The summed E-state index contributed by atoms with van der Waals surface area (Å²) in [6.07, 6.45) is 4.29. The highest BCUT2D eigenvalue weighted by Gasteiger charge is 2.16. The van der Waals surface area contributed by atoms with E-state index < -0.39 is 0 Å². The molecule has 0 bridgehead atoms. The number of hydrogen-bond acceptors (Lipinski definition) is 5. The molecule has 1 unspecified atom stereocenters. The van der Waals surface area contributed by atoms with Gasteiger partial charge in [0.05, 0.1) is 0 Å². The fourth-order valence-electron chi connectivity index (χ4n) is 2.94. The highest BCUT2D eigenvalue weighted by atomic mass is 16.2. The van der Waals surface area contributed by atoms with Crippen molar-refractivity contribution in [3.8, 4) is 0 Å². The van der Waals surface area contributed by atoms with E-state index in [4.69, 9.17) is 0 Å². The van der Waals surface area contributed by atoms with Gasteiger partial charge in [-0.1, -0.05) is 30.3 Å². The topological polar surface area (TPSA) is 71.0 Å². The van der Waals surface area contributed by atoms with Gasteiger partial charge in [0, 0.05) is 38.1 Å². The molecule has 6 heteroatoms. The van der Waals surface area contributed by atoms with Gasteiger partial charge in [0.25, 0.3) is 5.91 Å². The Kier molecular flexibility index (Phi) is 6.32. The van der Waals surface area contributed by atoms with Crippen molar-refractivity contribution in [3.05, 3.63) is 83.6 Å². The van der Waals surface area contributed by atoms with Crippen molar-refractivity contribution in [3.63, 3.8) is 0 Å².